The lowest BCUT2D eigenvalue weighted by Crippen LogP contribution is -2.29. The predicted octanol–water partition coefficient (Wildman–Crippen LogP) is 6.02. The first kappa shape index (κ1) is 23.6. The van der Waals surface area contributed by atoms with E-state index in [0.29, 0.717) is 6.61 Å². The number of carboxylic acids is 1. The van der Waals surface area contributed by atoms with Gasteiger partial charge < -0.3 is 9.84 Å². The average molecular weight is 471 g/mol. The molecule has 2 aromatic carbocycles. The van der Waals surface area contributed by atoms with Gasteiger partial charge in [0.15, 0.2) is 0 Å². The molecule has 0 fully saturated rings. The third kappa shape index (κ3) is 6.05. The topological polar surface area (TPSA) is 54.1 Å². The molecule has 1 aliphatic heterocycles. The summed E-state index contributed by atoms with van der Waals surface area (Å²) in [6.45, 7) is 12.2. The quantitative estimate of drug-likeness (QED) is 0.323. The lowest BCUT2D eigenvalue weighted by atomic mass is 9.96. The van der Waals surface area contributed by atoms with Crippen molar-refractivity contribution in [2.24, 2.45) is 0 Å². The highest BCUT2D eigenvalue weighted by atomic mass is 32.1. The largest absolute Gasteiger partial charge is 0.489 e. The van der Waals surface area contributed by atoms with Gasteiger partial charge in [0.2, 0.25) is 5.00 Å². The zero-order valence-corrected chi connectivity index (χ0v) is 19.9. The van der Waals surface area contributed by atoms with Crippen LogP contribution in [0.15, 0.2) is 54.6 Å². The molecule has 1 N–H and O–H groups in total. The van der Waals surface area contributed by atoms with E-state index in [1.54, 1.807) is 18.3 Å². The highest BCUT2D eigenvalue weighted by Crippen LogP contribution is 2.33. The molecule has 2 heterocycles. The Hall–Kier alpha value is -3.58. The fourth-order valence-electron chi connectivity index (χ4n) is 4.21. The molecule has 0 saturated heterocycles. The van der Waals surface area contributed by atoms with Crippen molar-refractivity contribution < 1.29 is 14.6 Å². The molecule has 3 aromatic rings. The van der Waals surface area contributed by atoms with Gasteiger partial charge in [-0.15, -0.1) is 5.92 Å². The Labute approximate surface area is 204 Å². The molecular formula is C28H26N2O3S. The molecule has 1 atom stereocenters. The van der Waals surface area contributed by atoms with Crippen LogP contribution in [0.4, 0.5) is 5.00 Å². The van der Waals surface area contributed by atoms with Crippen molar-refractivity contribution in [1.29, 1.82) is 0 Å². The van der Waals surface area contributed by atoms with Gasteiger partial charge >= 0.3 is 5.97 Å². The summed E-state index contributed by atoms with van der Waals surface area (Å²) in [7, 11) is 0. The van der Waals surface area contributed by atoms with Crippen LogP contribution in [0, 0.1) is 18.4 Å². The molecule has 1 aromatic heterocycles. The normalized spacial score (nSPS) is 13.8. The molecule has 0 saturated carbocycles. The zero-order chi connectivity index (χ0) is 23.9. The maximum Gasteiger partial charge on any atom is 0.304 e. The second-order valence-corrected chi connectivity index (χ2v) is 9.44. The Bertz CT molecular complexity index is 1260. The smallest absolute Gasteiger partial charge is 0.304 e. The van der Waals surface area contributed by atoms with Gasteiger partial charge in [0.05, 0.1) is 18.9 Å². The number of hydrogen-bond donors (Lipinski definition) is 1. The second-order valence-electron chi connectivity index (χ2n) is 8.33. The van der Waals surface area contributed by atoms with E-state index in [4.69, 9.17) is 16.4 Å². The summed E-state index contributed by atoms with van der Waals surface area (Å²) in [6.07, 6.45) is 0.991. The number of hydrogen-bond acceptors (Lipinski definition) is 4. The highest BCUT2D eigenvalue weighted by Gasteiger charge is 2.19. The standard InChI is InChI=1S/C28H26N2O3S/c1-3-5-23(16-28(31)32)22-8-10-25(11-9-22)33-19-21-7-4-6-20(14-21)17-30-13-12-26-24(18-30)15-27(29-2)34-26/h4,6-11,14-15,23H,12-13,16-19H2,1H3,(H,31,32)/t23-/m0/s1. The minimum absolute atomic E-state index is 0.0146. The van der Waals surface area contributed by atoms with Crippen LogP contribution in [0.1, 0.15) is 46.4 Å². The van der Waals surface area contributed by atoms with Crippen molar-refractivity contribution in [3.63, 3.8) is 0 Å². The molecule has 0 aliphatic carbocycles. The third-order valence-corrected chi connectivity index (χ3v) is 6.96. The molecule has 0 bridgehead atoms. The number of benzene rings is 2. The molecule has 1 aliphatic rings. The van der Waals surface area contributed by atoms with Crippen LogP contribution < -0.4 is 4.74 Å². The average Bonchev–Trinajstić information content (AvgIpc) is 3.25. The monoisotopic (exact) mass is 470 g/mol. The Balaban J connectivity index is 1.34. The van der Waals surface area contributed by atoms with E-state index >= 15 is 0 Å². The van der Waals surface area contributed by atoms with Gasteiger partial charge in [-0.25, -0.2) is 4.85 Å². The molecule has 0 amide bonds. The summed E-state index contributed by atoms with van der Waals surface area (Å²) in [6, 6.07) is 18.0. The summed E-state index contributed by atoms with van der Waals surface area (Å²) in [5.41, 5.74) is 4.52. The van der Waals surface area contributed by atoms with Gasteiger partial charge in [-0.1, -0.05) is 42.3 Å². The van der Waals surface area contributed by atoms with E-state index in [1.165, 1.54) is 16.0 Å². The number of ether oxygens (including phenoxy) is 1. The van der Waals surface area contributed by atoms with E-state index in [-0.39, 0.29) is 12.3 Å². The Morgan fingerprint density at radius 3 is 2.76 bits per heavy atom. The van der Waals surface area contributed by atoms with Gasteiger partial charge in [0.25, 0.3) is 0 Å². The summed E-state index contributed by atoms with van der Waals surface area (Å²) in [4.78, 5) is 18.5. The van der Waals surface area contributed by atoms with Crippen LogP contribution in [-0.4, -0.2) is 22.5 Å². The lowest BCUT2D eigenvalue weighted by molar-refractivity contribution is -0.137. The molecular weight excluding hydrogens is 444 g/mol. The maximum absolute atomic E-state index is 11.1. The summed E-state index contributed by atoms with van der Waals surface area (Å²) >= 11 is 1.63. The predicted molar refractivity (Wildman–Crippen MR) is 134 cm³/mol. The van der Waals surface area contributed by atoms with E-state index < -0.39 is 5.97 Å². The van der Waals surface area contributed by atoms with Gasteiger partial charge in [0, 0.05) is 19.6 Å². The van der Waals surface area contributed by atoms with Crippen molar-refractivity contribution in [3.8, 4) is 17.6 Å². The maximum atomic E-state index is 11.1. The van der Waals surface area contributed by atoms with Crippen LogP contribution in [0.25, 0.3) is 4.85 Å². The van der Waals surface area contributed by atoms with Crippen LogP contribution in [0.5, 0.6) is 5.75 Å². The Morgan fingerprint density at radius 1 is 1.24 bits per heavy atom. The molecule has 0 unspecified atom stereocenters. The number of rotatable bonds is 8. The van der Waals surface area contributed by atoms with E-state index in [9.17, 15) is 4.79 Å². The van der Waals surface area contributed by atoms with Crippen molar-refractivity contribution in [2.75, 3.05) is 6.54 Å². The molecule has 4 rings (SSSR count). The fraction of sp³-hybridized carbons (Fsp3) is 0.286. The second kappa shape index (κ2) is 11.0. The number of aliphatic carboxylic acids is 1. The first-order valence-electron chi connectivity index (χ1n) is 11.2. The SMILES string of the molecule is [C-]#[N+]c1cc2c(s1)CCN(Cc1cccc(COc3ccc([C@@H](C#CC)CC(=O)O)cc3)c1)C2. The van der Waals surface area contributed by atoms with Gasteiger partial charge in [-0.3, -0.25) is 9.69 Å². The van der Waals surface area contributed by atoms with Crippen LogP contribution in [-0.2, 0) is 30.9 Å². The molecule has 34 heavy (non-hydrogen) atoms. The molecule has 0 radical (unpaired) electrons. The van der Waals surface area contributed by atoms with Crippen molar-refractivity contribution >= 4 is 22.3 Å². The van der Waals surface area contributed by atoms with Gasteiger partial charge in [0.1, 0.15) is 12.4 Å². The van der Waals surface area contributed by atoms with E-state index in [0.717, 1.165) is 47.9 Å². The van der Waals surface area contributed by atoms with Crippen LogP contribution in [0.3, 0.4) is 0 Å². The lowest BCUT2D eigenvalue weighted by Gasteiger charge is -2.27. The van der Waals surface area contributed by atoms with E-state index in [1.807, 2.05) is 30.3 Å². The molecule has 172 valence electrons. The Kier molecular flexibility index (Phi) is 7.65. The summed E-state index contributed by atoms with van der Waals surface area (Å²) in [5, 5.41) is 9.90. The fourth-order valence-corrected chi connectivity index (χ4v) is 5.15. The first-order valence-corrected chi connectivity index (χ1v) is 12.0. The van der Waals surface area contributed by atoms with Crippen molar-refractivity contribution in [2.45, 2.75) is 45.4 Å². The minimum Gasteiger partial charge on any atom is -0.489 e. The first-order chi connectivity index (χ1) is 16.5. The van der Waals surface area contributed by atoms with Crippen LogP contribution in [0.2, 0.25) is 0 Å². The molecule has 0 spiro atoms. The number of carboxylic acid groups (broad SMARTS) is 1. The third-order valence-electron chi connectivity index (χ3n) is 5.83. The van der Waals surface area contributed by atoms with Gasteiger partial charge in [-0.2, -0.15) is 11.3 Å². The van der Waals surface area contributed by atoms with Crippen molar-refractivity contribution in [3.05, 3.63) is 93.1 Å². The number of carbonyl (C=O) groups is 1. The number of thiophene rings is 1. The van der Waals surface area contributed by atoms with E-state index in [2.05, 4.69) is 45.9 Å². The van der Waals surface area contributed by atoms with Crippen LogP contribution >= 0.6 is 11.3 Å². The zero-order valence-electron chi connectivity index (χ0n) is 19.1. The van der Waals surface area contributed by atoms with Gasteiger partial charge in [-0.05, 0) is 58.7 Å². The number of nitrogens with zero attached hydrogens (tertiary/aromatic N) is 2. The highest BCUT2D eigenvalue weighted by molar-refractivity contribution is 7.16. The molecule has 6 heteroatoms. The van der Waals surface area contributed by atoms with Crippen molar-refractivity contribution in [1.82, 2.24) is 4.90 Å². The summed E-state index contributed by atoms with van der Waals surface area (Å²) in [5.74, 6) is 5.35. The molecule has 5 nitrogen and oxygen atoms in total. The Morgan fingerprint density at radius 2 is 2.03 bits per heavy atom. The number of fused-ring (bicyclic) bond motifs is 1. The minimum atomic E-state index is -0.860. The summed E-state index contributed by atoms with van der Waals surface area (Å²) < 4.78 is 5.98.